The van der Waals surface area contributed by atoms with Crippen LogP contribution in [0.2, 0.25) is 0 Å². The quantitative estimate of drug-likeness (QED) is 0.250. The molecule has 0 aromatic heterocycles. The Morgan fingerprint density at radius 1 is 1.53 bits per heavy atom. The Balaban J connectivity index is 0. The Kier molecular flexibility index (Phi) is 8.77. The molecule has 0 aromatic carbocycles. The molecule has 3 N–H and O–H groups in total. The minimum Gasteiger partial charge on any atom is -0.469 e. The van der Waals surface area contributed by atoms with Crippen molar-refractivity contribution in [3.8, 4) is 0 Å². The van der Waals surface area contributed by atoms with Gasteiger partial charge in [0.15, 0.2) is 0 Å². The van der Waals surface area contributed by atoms with Crippen molar-refractivity contribution in [3.05, 3.63) is 6.17 Å². The molecule has 0 aromatic rings. The summed E-state index contributed by atoms with van der Waals surface area (Å²) in [6, 6.07) is 0. The van der Waals surface area contributed by atoms with E-state index in [-0.39, 0.29) is 51.4 Å². The first kappa shape index (κ1) is 18.2. The number of carbonyl (C=O) groups is 1. The summed E-state index contributed by atoms with van der Waals surface area (Å²) in [6.45, 7) is 0. The van der Waals surface area contributed by atoms with Crippen LogP contribution >= 0.6 is 0 Å². The predicted molar refractivity (Wildman–Crippen MR) is 37.5 cm³/mol. The molecule has 1 saturated carbocycles. The summed E-state index contributed by atoms with van der Waals surface area (Å²) in [4.78, 5) is 10.2. The van der Waals surface area contributed by atoms with Crippen LogP contribution in [0.1, 0.15) is 0 Å². The number of ether oxygens (including phenoxy) is 1. The second kappa shape index (κ2) is 7.22. The third kappa shape index (κ3) is 4.69. The van der Waals surface area contributed by atoms with Crippen molar-refractivity contribution in [1.82, 2.24) is 0 Å². The molecule has 0 saturated heterocycles. The van der Waals surface area contributed by atoms with Gasteiger partial charge in [-0.05, 0) is 0 Å². The molecule has 0 spiro atoms. The molecule has 82 valence electrons. The summed E-state index contributed by atoms with van der Waals surface area (Å²) in [5.41, 5.74) is -3.10. The Morgan fingerprint density at radius 3 is 1.87 bits per heavy atom. The van der Waals surface area contributed by atoms with Crippen molar-refractivity contribution in [2.75, 3.05) is 7.11 Å². The smallest absolute Gasteiger partial charge is 0.469 e. The number of hydrogen-bond donors (Lipinski definition) is 3. The molecule has 1 unspecified atom stereocenters. The van der Waals surface area contributed by atoms with Crippen molar-refractivity contribution < 1.29 is 89.2 Å². The van der Waals surface area contributed by atoms with E-state index < -0.39 is 31.3 Å². The third-order valence-corrected chi connectivity index (χ3v) is 1.32. The van der Waals surface area contributed by atoms with Crippen molar-refractivity contribution in [1.29, 1.82) is 0 Å². The molecular weight excluding hydrogens is 247 g/mol. The second-order valence-electron chi connectivity index (χ2n) is 2.26. The summed E-state index contributed by atoms with van der Waals surface area (Å²) in [5, 5.41) is 21.5. The minimum atomic E-state index is -3.10. The number of esters is 1. The minimum absolute atomic E-state index is 0. The fourth-order valence-corrected chi connectivity index (χ4v) is 0.588. The zero-order valence-corrected chi connectivity index (χ0v) is 11.1. The molecule has 2 atom stereocenters. The first-order valence-electron chi connectivity index (χ1n) is 3.26. The molecule has 1 aliphatic rings. The first-order chi connectivity index (χ1) is 6.28. The Labute approximate surface area is 126 Å². The number of alkyl halides is 2. The van der Waals surface area contributed by atoms with Crippen LogP contribution in [-0.2, 0) is 9.53 Å². The summed E-state index contributed by atoms with van der Waals surface area (Å²) < 4.78 is 40.0. The number of carbonyl (C=O) groups excluding carboxylic acids is 1. The molecular formula is C5H7BF3KO5. The van der Waals surface area contributed by atoms with Crippen LogP contribution in [0, 0.1) is 6.17 Å². The fourth-order valence-electron chi connectivity index (χ4n) is 0.588. The van der Waals surface area contributed by atoms with Gasteiger partial charge in [0, 0.05) is 6.17 Å². The maximum absolute atomic E-state index is 12.4. The molecule has 0 radical (unpaired) electrons. The van der Waals surface area contributed by atoms with Crippen LogP contribution in [0.15, 0.2) is 0 Å². The third-order valence-electron chi connectivity index (χ3n) is 1.32. The van der Waals surface area contributed by atoms with E-state index in [1.54, 1.807) is 0 Å². The Morgan fingerprint density at radius 2 is 1.80 bits per heavy atom. The Hall–Kier alpha value is 0.841. The van der Waals surface area contributed by atoms with E-state index in [9.17, 15) is 18.0 Å². The molecule has 0 bridgehead atoms. The molecule has 0 heterocycles. The van der Waals surface area contributed by atoms with Crippen molar-refractivity contribution in [2.45, 2.75) is 11.8 Å². The number of halogens is 3. The van der Waals surface area contributed by atoms with Crippen LogP contribution in [0.5, 0.6) is 0 Å². The second-order valence-corrected chi connectivity index (χ2v) is 2.26. The van der Waals surface area contributed by atoms with E-state index in [2.05, 4.69) is 4.74 Å². The fraction of sp³-hybridized carbons (Fsp3) is 0.600. The van der Waals surface area contributed by atoms with E-state index in [1.165, 1.54) is 0 Å². The van der Waals surface area contributed by atoms with Crippen molar-refractivity contribution in [3.63, 3.8) is 0 Å². The van der Waals surface area contributed by atoms with Gasteiger partial charge in [0.2, 0.25) is 0 Å². The van der Waals surface area contributed by atoms with Gasteiger partial charge in [0.1, 0.15) is 5.67 Å². The van der Waals surface area contributed by atoms with Gasteiger partial charge in [-0.25, -0.2) is 0 Å². The maximum Gasteiger partial charge on any atom is 1.00 e. The molecule has 1 fully saturated rings. The van der Waals surface area contributed by atoms with Gasteiger partial charge < -0.3 is 24.2 Å². The van der Waals surface area contributed by atoms with Gasteiger partial charge in [0.05, 0.1) is 7.11 Å². The van der Waals surface area contributed by atoms with Crippen molar-refractivity contribution >= 4 is 13.3 Å². The van der Waals surface area contributed by atoms with E-state index in [1.807, 2.05) is 0 Å². The monoisotopic (exact) mass is 254 g/mol. The number of hydrogen-bond acceptors (Lipinski definition) is 5. The van der Waals surface area contributed by atoms with Gasteiger partial charge >= 0.3 is 64.7 Å². The molecule has 5 nitrogen and oxygen atoms in total. The molecule has 10 heteroatoms. The van der Waals surface area contributed by atoms with Gasteiger partial charge in [-0.3, -0.25) is 13.6 Å². The van der Waals surface area contributed by atoms with Gasteiger partial charge in [-0.2, -0.15) is 0 Å². The SMILES string of the molecule is COC(=O)[C@@]1(F)[C-](F)C1F.OB(O)O.[K+]. The number of methoxy groups -OCH3 is 1. The van der Waals surface area contributed by atoms with E-state index >= 15 is 0 Å². The van der Waals surface area contributed by atoms with Crippen LogP contribution in [0.3, 0.4) is 0 Å². The summed E-state index contributed by atoms with van der Waals surface area (Å²) in [5.74, 6) is -1.52. The molecule has 15 heavy (non-hydrogen) atoms. The molecule has 1 aliphatic carbocycles. The summed E-state index contributed by atoms with van der Waals surface area (Å²) in [7, 11) is -1.30. The van der Waals surface area contributed by atoms with Gasteiger partial charge in [0.25, 0.3) is 0 Å². The van der Waals surface area contributed by atoms with Crippen molar-refractivity contribution in [2.24, 2.45) is 0 Å². The van der Waals surface area contributed by atoms with Crippen LogP contribution in [0.25, 0.3) is 0 Å². The van der Waals surface area contributed by atoms with Crippen LogP contribution < -0.4 is 51.4 Å². The zero-order valence-electron chi connectivity index (χ0n) is 7.95. The van der Waals surface area contributed by atoms with Crippen LogP contribution in [0.4, 0.5) is 13.2 Å². The first-order valence-corrected chi connectivity index (χ1v) is 3.26. The normalized spacial score (nSPS) is 28.1. The van der Waals surface area contributed by atoms with Gasteiger partial charge in [-0.15, -0.1) is 0 Å². The van der Waals surface area contributed by atoms with E-state index in [0.29, 0.717) is 0 Å². The average molecular weight is 254 g/mol. The molecule has 0 amide bonds. The topological polar surface area (TPSA) is 87.0 Å². The predicted octanol–water partition coefficient (Wildman–Crippen LogP) is -4.33. The Bertz CT molecular complexity index is 208. The zero-order chi connectivity index (χ0) is 11.5. The maximum atomic E-state index is 12.4. The van der Waals surface area contributed by atoms with Gasteiger partial charge in [-0.1, -0.05) is 6.17 Å². The summed E-state index contributed by atoms with van der Waals surface area (Å²) >= 11 is 0. The number of rotatable bonds is 1. The summed E-state index contributed by atoms with van der Waals surface area (Å²) in [6.07, 6.45) is -4.03. The average Bonchev–Trinajstić information content (AvgIpc) is 2.56. The van der Waals surface area contributed by atoms with Crippen LogP contribution in [-0.4, -0.2) is 47.3 Å². The molecule has 1 rings (SSSR count). The van der Waals surface area contributed by atoms with E-state index in [4.69, 9.17) is 15.1 Å². The largest absolute Gasteiger partial charge is 1.00 e. The standard InChI is InChI=1S/C5H4F3O2.BH3O3.K/c1-10-4(9)5(8)2(6)3(5)7;2-1(3)4;/h2H,1H3;2-4H;/q-1;;+1/t2?,5-;;/m0../s1. The van der Waals surface area contributed by atoms with E-state index in [0.717, 1.165) is 7.11 Å². The molecule has 0 aliphatic heterocycles.